The molecular weight excluding hydrogens is 534 g/mol. The van der Waals surface area contributed by atoms with Crippen LogP contribution in [0.15, 0.2) is 72.9 Å². The van der Waals surface area contributed by atoms with Gasteiger partial charge in [-0.25, -0.2) is 4.52 Å². The molecule has 3 heterocycles. The lowest BCUT2D eigenvalue weighted by molar-refractivity contribution is 0.0659. The quantitative estimate of drug-likeness (QED) is 0.277. The lowest BCUT2D eigenvalue weighted by Gasteiger charge is -2.35. The van der Waals surface area contributed by atoms with E-state index in [1.807, 2.05) is 53.0 Å². The maximum Gasteiger partial charge on any atom is 0.253 e. The zero-order valence-electron chi connectivity index (χ0n) is 25.3. The number of benzene rings is 2. The Kier molecular flexibility index (Phi) is 8.00. The van der Waals surface area contributed by atoms with Gasteiger partial charge in [0.1, 0.15) is 0 Å². The number of hydrogen-bond donors (Lipinski definition) is 1. The third kappa shape index (κ3) is 5.91. The molecule has 8 nitrogen and oxygen atoms in total. The minimum atomic E-state index is -0.160. The Labute approximate surface area is 253 Å². The number of rotatable bonds is 7. The van der Waals surface area contributed by atoms with Gasteiger partial charge in [-0.2, -0.15) is 10.2 Å². The van der Waals surface area contributed by atoms with Crippen LogP contribution >= 0.6 is 0 Å². The van der Waals surface area contributed by atoms with Gasteiger partial charge in [0.15, 0.2) is 5.65 Å². The van der Waals surface area contributed by atoms with Crippen molar-refractivity contribution in [2.75, 3.05) is 32.5 Å². The summed E-state index contributed by atoms with van der Waals surface area (Å²) in [4.78, 5) is 22.2. The van der Waals surface area contributed by atoms with Gasteiger partial charge in [-0.05, 0) is 107 Å². The largest absolute Gasteiger partial charge is 0.339 e. The van der Waals surface area contributed by atoms with E-state index in [9.17, 15) is 10.1 Å². The Bertz CT molecular complexity index is 1670. The molecule has 8 heteroatoms. The van der Waals surface area contributed by atoms with Gasteiger partial charge in [0.25, 0.3) is 5.91 Å². The lowest BCUT2D eigenvalue weighted by Crippen LogP contribution is -2.44. The number of likely N-dealkylation sites (tertiary alicyclic amines) is 1. The highest BCUT2D eigenvalue weighted by atomic mass is 16.2. The molecule has 0 saturated carbocycles. The molecule has 1 N–H and O–H groups in total. The summed E-state index contributed by atoms with van der Waals surface area (Å²) in [5.41, 5.74) is 6.91. The number of piperidine rings is 1. The van der Waals surface area contributed by atoms with Crippen molar-refractivity contribution in [1.82, 2.24) is 24.4 Å². The summed E-state index contributed by atoms with van der Waals surface area (Å²) in [5.74, 6) is 0.559. The van der Waals surface area contributed by atoms with Gasteiger partial charge in [0.2, 0.25) is 5.95 Å². The van der Waals surface area contributed by atoms with Gasteiger partial charge in [-0.1, -0.05) is 35.9 Å². The van der Waals surface area contributed by atoms with Crippen LogP contribution in [0.1, 0.15) is 65.6 Å². The van der Waals surface area contributed by atoms with Crippen molar-refractivity contribution >= 4 is 28.8 Å². The van der Waals surface area contributed by atoms with Crippen LogP contribution in [0.3, 0.4) is 0 Å². The maximum atomic E-state index is 13.1. The van der Waals surface area contributed by atoms with Gasteiger partial charge in [-0.15, -0.1) is 5.10 Å². The van der Waals surface area contributed by atoms with Gasteiger partial charge in [0, 0.05) is 47.9 Å². The van der Waals surface area contributed by atoms with E-state index in [-0.39, 0.29) is 17.4 Å². The van der Waals surface area contributed by atoms with Crippen LogP contribution in [0.4, 0.5) is 11.6 Å². The summed E-state index contributed by atoms with van der Waals surface area (Å²) < 4.78 is 1.81. The summed E-state index contributed by atoms with van der Waals surface area (Å²) in [5, 5.41) is 17.6. The number of anilines is 2. The van der Waals surface area contributed by atoms with Crippen LogP contribution < -0.4 is 5.32 Å². The molecule has 0 bridgehead atoms. The zero-order chi connectivity index (χ0) is 30.0. The van der Waals surface area contributed by atoms with Gasteiger partial charge >= 0.3 is 0 Å². The number of nitrogens with one attached hydrogen (secondary N) is 1. The number of fused-ring (bicyclic) bond motifs is 1. The van der Waals surface area contributed by atoms with E-state index in [0.717, 1.165) is 62.1 Å². The van der Waals surface area contributed by atoms with E-state index in [2.05, 4.69) is 71.8 Å². The molecule has 0 spiro atoms. The highest BCUT2D eigenvalue weighted by Gasteiger charge is 2.34. The van der Waals surface area contributed by atoms with E-state index in [4.69, 9.17) is 4.98 Å². The van der Waals surface area contributed by atoms with Crippen LogP contribution in [0.2, 0.25) is 0 Å². The van der Waals surface area contributed by atoms with Gasteiger partial charge in [0.05, 0.1) is 6.07 Å². The number of carbonyl (C=O) groups is 1. The van der Waals surface area contributed by atoms with Crippen molar-refractivity contribution in [3.63, 3.8) is 0 Å². The molecule has 1 atom stereocenters. The van der Waals surface area contributed by atoms with Crippen LogP contribution in [0, 0.1) is 18.3 Å². The fourth-order valence-electron chi connectivity index (χ4n) is 6.51. The first-order valence-corrected chi connectivity index (χ1v) is 15.2. The van der Waals surface area contributed by atoms with E-state index in [1.165, 1.54) is 16.7 Å². The Morgan fingerprint density at radius 3 is 2.53 bits per heavy atom. The molecule has 2 aromatic heterocycles. The Hall–Kier alpha value is -4.48. The standard InChI is InChI=1S/C35H39N7O/c1-25-6-10-28(11-7-25)35(20-21-36)18-14-26(15-19-35)31-5-4-22-42-32(31)38-34(39-42)37-29-12-8-27(9-13-29)33(43)41(3)30-16-23-40(2)24-17-30/h4-14,22,30H,15-20,23-24H2,1-3H3,(H,37,39). The summed E-state index contributed by atoms with van der Waals surface area (Å²) in [7, 11) is 4.04. The monoisotopic (exact) mass is 573 g/mol. The average Bonchev–Trinajstić information content (AvgIpc) is 3.45. The number of aryl methyl sites for hydroxylation is 1. The number of hydrogen-bond acceptors (Lipinski definition) is 6. The predicted octanol–water partition coefficient (Wildman–Crippen LogP) is 6.37. The number of carbonyl (C=O) groups excluding carboxylic acids is 1. The number of nitriles is 1. The van der Waals surface area contributed by atoms with Gasteiger partial charge in [-0.3, -0.25) is 4.79 Å². The number of allylic oxidation sites excluding steroid dienone is 2. The van der Waals surface area contributed by atoms with Crippen molar-refractivity contribution in [1.29, 1.82) is 5.26 Å². The molecule has 1 aliphatic heterocycles. The number of amides is 1. The second-order valence-electron chi connectivity index (χ2n) is 12.2. The molecule has 6 rings (SSSR count). The maximum absolute atomic E-state index is 13.1. The van der Waals surface area contributed by atoms with Crippen LogP contribution in [0.25, 0.3) is 11.2 Å². The fourth-order valence-corrected chi connectivity index (χ4v) is 6.51. The van der Waals surface area contributed by atoms with Crippen molar-refractivity contribution in [3.8, 4) is 6.07 Å². The molecule has 4 aromatic rings. The second-order valence-corrected chi connectivity index (χ2v) is 12.2. The van der Waals surface area contributed by atoms with Gasteiger partial charge < -0.3 is 15.1 Å². The third-order valence-electron chi connectivity index (χ3n) is 9.35. The molecule has 43 heavy (non-hydrogen) atoms. The number of nitrogens with zero attached hydrogens (tertiary/aromatic N) is 6. The van der Waals surface area contributed by atoms with Crippen LogP contribution in [-0.4, -0.2) is 63.5 Å². The minimum absolute atomic E-state index is 0.0542. The highest BCUT2D eigenvalue weighted by Crippen LogP contribution is 2.44. The molecule has 2 aliphatic rings. The first kappa shape index (κ1) is 28.6. The van der Waals surface area contributed by atoms with Crippen molar-refractivity contribution in [3.05, 3.63) is 95.2 Å². The van der Waals surface area contributed by atoms with Crippen molar-refractivity contribution in [2.45, 2.75) is 56.9 Å². The zero-order valence-corrected chi connectivity index (χ0v) is 25.3. The third-order valence-corrected chi connectivity index (χ3v) is 9.35. The molecule has 1 aliphatic carbocycles. The Morgan fingerprint density at radius 1 is 1.12 bits per heavy atom. The molecule has 1 amide bonds. The first-order valence-electron chi connectivity index (χ1n) is 15.2. The first-order chi connectivity index (χ1) is 20.8. The Morgan fingerprint density at radius 2 is 1.86 bits per heavy atom. The molecule has 1 saturated heterocycles. The van der Waals surface area contributed by atoms with Crippen molar-refractivity contribution < 1.29 is 4.79 Å². The Balaban J connectivity index is 1.17. The normalized spacial score (nSPS) is 19.5. The highest BCUT2D eigenvalue weighted by molar-refractivity contribution is 5.94. The smallest absolute Gasteiger partial charge is 0.253 e. The number of pyridine rings is 1. The lowest BCUT2D eigenvalue weighted by atomic mass is 9.68. The van der Waals surface area contributed by atoms with E-state index in [0.29, 0.717) is 17.9 Å². The molecular formula is C35H39N7O. The average molecular weight is 574 g/mol. The summed E-state index contributed by atoms with van der Waals surface area (Å²) in [6.07, 6.45) is 9.30. The topological polar surface area (TPSA) is 89.6 Å². The number of aromatic nitrogens is 3. The molecule has 220 valence electrons. The molecule has 0 radical (unpaired) electrons. The second kappa shape index (κ2) is 12.0. The SMILES string of the molecule is Cc1ccc(C2(CC#N)CC=C(c3cccn4nc(Nc5ccc(C(=O)N(C)C6CCN(C)CC6)cc5)nc34)CC2)cc1. The van der Waals surface area contributed by atoms with Crippen LogP contribution in [0.5, 0.6) is 0 Å². The minimum Gasteiger partial charge on any atom is -0.339 e. The van der Waals surface area contributed by atoms with Crippen molar-refractivity contribution in [2.24, 2.45) is 0 Å². The molecule has 1 fully saturated rings. The molecule has 2 aromatic carbocycles. The summed E-state index contributed by atoms with van der Waals surface area (Å²) in [6, 6.07) is 23.0. The summed E-state index contributed by atoms with van der Waals surface area (Å²) in [6.45, 7) is 4.13. The van der Waals surface area contributed by atoms with E-state index < -0.39 is 0 Å². The predicted molar refractivity (Wildman–Crippen MR) is 170 cm³/mol. The summed E-state index contributed by atoms with van der Waals surface area (Å²) >= 11 is 0. The van der Waals surface area contributed by atoms with E-state index in [1.54, 1.807) is 0 Å². The van der Waals surface area contributed by atoms with E-state index >= 15 is 0 Å². The molecule has 1 unspecified atom stereocenters. The fraction of sp³-hybridized carbons (Fsp3) is 0.371. The van der Waals surface area contributed by atoms with Crippen LogP contribution in [-0.2, 0) is 5.41 Å².